The summed E-state index contributed by atoms with van der Waals surface area (Å²) >= 11 is 1.88. The maximum Gasteiger partial charge on any atom is 0.119 e. The smallest absolute Gasteiger partial charge is 0.119 e. The summed E-state index contributed by atoms with van der Waals surface area (Å²) < 4.78 is 5.69. The van der Waals surface area contributed by atoms with Gasteiger partial charge < -0.3 is 14.6 Å². The van der Waals surface area contributed by atoms with Gasteiger partial charge in [-0.15, -0.1) is 0 Å². The third-order valence-corrected chi connectivity index (χ3v) is 4.19. The Bertz CT molecular complexity index is 537. The van der Waals surface area contributed by atoms with Gasteiger partial charge in [-0.3, -0.25) is 0 Å². The number of aryl methyl sites for hydroxylation is 1. The van der Waals surface area contributed by atoms with Gasteiger partial charge in [-0.2, -0.15) is 11.8 Å². The summed E-state index contributed by atoms with van der Waals surface area (Å²) in [5.74, 6) is 2.87. The number of hydrogen-bond acceptors (Lipinski definition) is 4. The Morgan fingerprint density at radius 3 is 2.57 bits per heavy atom. The predicted octanol–water partition coefficient (Wildman–Crippen LogP) is 3.09. The summed E-state index contributed by atoms with van der Waals surface area (Å²) in [6, 6.07) is 8.36. The number of ether oxygens (including phenoxy) is 1. The fraction of sp³-hybridized carbons (Fsp3) is 0.438. The Balaban J connectivity index is 1.73. The molecule has 5 heteroatoms. The second kappa shape index (κ2) is 8.10. The van der Waals surface area contributed by atoms with Gasteiger partial charge in [0.05, 0.1) is 12.0 Å². The van der Waals surface area contributed by atoms with E-state index in [9.17, 15) is 0 Å². The number of H-pyrrole nitrogens is 1. The molecule has 1 N–H and O–H groups in total. The first kappa shape index (κ1) is 15.9. The number of likely N-dealkylation sites (N-methyl/N-ethyl adjacent to an activating group) is 1. The Morgan fingerprint density at radius 2 is 1.95 bits per heavy atom. The van der Waals surface area contributed by atoms with Crippen LogP contribution in [0.3, 0.4) is 0 Å². The van der Waals surface area contributed by atoms with E-state index in [4.69, 9.17) is 4.74 Å². The van der Waals surface area contributed by atoms with Crippen LogP contribution in [-0.2, 0) is 11.5 Å². The van der Waals surface area contributed by atoms with Crippen molar-refractivity contribution in [2.24, 2.45) is 0 Å². The summed E-state index contributed by atoms with van der Waals surface area (Å²) in [5, 5.41) is 0. The minimum absolute atomic E-state index is 0.722. The molecule has 0 unspecified atom stereocenters. The van der Waals surface area contributed by atoms with Gasteiger partial charge in [0.2, 0.25) is 0 Å². The SMILES string of the molecule is Cc1[nH]cnc1CSCc1ccc(OCCN(C)C)cc1. The van der Waals surface area contributed by atoms with E-state index in [0.717, 1.165) is 41.8 Å². The molecule has 2 rings (SSSR count). The van der Waals surface area contributed by atoms with Crippen LogP contribution in [0.1, 0.15) is 17.0 Å². The van der Waals surface area contributed by atoms with E-state index in [1.807, 2.05) is 38.0 Å². The van der Waals surface area contributed by atoms with Gasteiger partial charge >= 0.3 is 0 Å². The second-order valence-corrected chi connectivity index (χ2v) is 6.25. The minimum Gasteiger partial charge on any atom is -0.492 e. The second-order valence-electron chi connectivity index (χ2n) is 5.26. The summed E-state index contributed by atoms with van der Waals surface area (Å²) in [6.07, 6.45) is 1.76. The summed E-state index contributed by atoms with van der Waals surface area (Å²) in [4.78, 5) is 9.53. The fourth-order valence-electron chi connectivity index (χ4n) is 1.83. The van der Waals surface area contributed by atoms with E-state index in [2.05, 4.69) is 33.9 Å². The van der Waals surface area contributed by atoms with Crippen LogP contribution in [-0.4, -0.2) is 42.1 Å². The first-order valence-electron chi connectivity index (χ1n) is 7.08. The van der Waals surface area contributed by atoms with Crippen molar-refractivity contribution in [3.8, 4) is 5.75 Å². The van der Waals surface area contributed by atoms with Gasteiger partial charge in [0.15, 0.2) is 0 Å². The molecule has 0 aliphatic heterocycles. The molecule has 1 aromatic carbocycles. The lowest BCUT2D eigenvalue weighted by Crippen LogP contribution is -2.19. The quantitative estimate of drug-likeness (QED) is 0.814. The molecular formula is C16H23N3OS. The largest absolute Gasteiger partial charge is 0.492 e. The van der Waals surface area contributed by atoms with Crippen molar-refractivity contribution in [3.05, 3.63) is 47.5 Å². The van der Waals surface area contributed by atoms with Crippen molar-refractivity contribution < 1.29 is 4.74 Å². The molecule has 0 radical (unpaired) electrons. The van der Waals surface area contributed by atoms with Gasteiger partial charge in [0.1, 0.15) is 12.4 Å². The number of thioether (sulfide) groups is 1. The van der Waals surface area contributed by atoms with Crippen LogP contribution in [0, 0.1) is 6.92 Å². The Labute approximate surface area is 130 Å². The van der Waals surface area contributed by atoms with E-state index in [1.165, 1.54) is 5.56 Å². The summed E-state index contributed by atoms with van der Waals surface area (Å²) in [6.45, 7) is 3.71. The number of aromatic amines is 1. The van der Waals surface area contributed by atoms with Crippen molar-refractivity contribution in [1.29, 1.82) is 0 Å². The molecule has 1 heterocycles. The number of aromatic nitrogens is 2. The van der Waals surface area contributed by atoms with Gasteiger partial charge in [-0.05, 0) is 38.7 Å². The van der Waals surface area contributed by atoms with E-state index in [1.54, 1.807) is 6.33 Å². The zero-order valence-electron chi connectivity index (χ0n) is 12.9. The van der Waals surface area contributed by atoms with Gasteiger partial charge in [-0.1, -0.05) is 12.1 Å². The third kappa shape index (κ3) is 5.44. The van der Waals surface area contributed by atoms with Crippen LogP contribution in [0.25, 0.3) is 0 Å². The summed E-state index contributed by atoms with van der Waals surface area (Å²) in [7, 11) is 4.09. The maximum atomic E-state index is 5.69. The summed E-state index contributed by atoms with van der Waals surface area (Å²) in [5.41, 5.74) is 3.61. The average Bonchev–Trinajstić information content (AvgIpc) is 2.86. The molecule has 0 atom stereocenters. The van der Waals surface area contributed by atoms with Crippen LogP contribution in [0.4, 0.5) is 0 Å². The van der Waals surface area contributed by atoms with E-state index >= 15 is 0 Å². The lowest BCUT2D eigenvalue weighted by Gasteiger charge is -2.11. The molecular weight excluding hydrogens is 282 g/mol. The van der Waals surface area contributed by atoms with Crippen LogP contribution in [0.15, 0.2) is 30.6 Å². The third-order valence-electron chi connectivity index (χ3n) is 3.17. The molecule has 0 aliphatic carbocycles. The highest BCUT2D eigenvalue weighted by Gasteiger charge is 2.02. The first-order valence-corrected chi connectivity index (χ1v) is 8.23. The Kier molecular flexibility index (Phi) is 6.14. The van der Waals surface area contributed by atoms with Gasteiger partial charge in [-0.25, -0.2) is 4.98 Å². The monoisotopic (exact) mass is 305 g/mol. The van der Waals surface area contributed by atoms with Crippen molar-refractivity contribution in [2.45, 2.75) is 18.4 Å². The van der Waals surface area contributed by atoms with Crippen molar-refractivity contribution in [3.63, 3.8) is 0 Å². The number of rotatable bonds is 8. The van der Waals surface area contributed by atoms with Crippen LogP contribution in [0.2, 0.25) is 0 Å². The van der Waals surface area contributed by atoms with Crippen LogP contribution >= 0.6 is 11.8 Å². The standard InChI is InChI=1S/C16H23N3OS/c1-13-16(18-12-17-13)11-21-10-14-4-6-15(7-5-14)20-9-8-19(2)3/h4-7,12H,8-11H2,1-3H3,(H,17,18). The molecule has 114 valence electrons. The minimum atomic E-state index is 0.722. The zero-order chi connectivity index (χ0) is 15.1. The molecule has 0 spiro atoms. The molecule has 0 fully saturated rings. The topological polar surface area (TPSA) is 41.1 Å². The number of benzene rings is 1. The highest BCUT2D eigenvalue weighted by molar-refractivity contribution is 7.97. The van der Waals surface area contributed by atoms with Crippen LogP contribution in [0.5, 0.6) is 5.75 Å². The zero-order valence-corrected chi connectivity index (χ0v) is 13.7. The molecule has 0 bridgehead atoms. The fourth-order valence-corrected chi connectivity index (χ4v) is 2.84. The molecule has 0 amide bonds. The molecule has 0 saturated carbocycles. The normalized spacial score (nSPS) is 11.0. The van der Waals surface area contributed by atoms with Crippen molar-refractivity contribution in [2.75, 3.05) is 27.2 Å². The number of imidazole rings is 1. The van der Waals surface area contributed by atoms with Crippen molar-refractivity contribution in [1.82, 2.24) is 14.9 Å². The highest BCUT2D eigenvalue weighted by atomic mass is 32.2. The number of nitrogens with zero attached hydrogens (tertiary/aromatic N) is 2. The molecule has 21 heavy (non-hydrogen) atoms. The first-order chi connectivity index (χ1) is 10.1. The number of nitrogens with one attached hydrogen (secondary N) is 1. The molecule has 2 aromatic rings. The lowest BCUT2D eigenvalue weighted by atomic mass is 10.2. The van der Waals surface area contributed by atoms with Crippen LogP contribution < -0.4 is 4.74 Å². The maximum absolute atomic E-state index is 5.69. The van der Waals surface area contributed by atoms with Gasteiger partial charge in [0, 0.05) is 23.7 Å². The lowest BCUT2D eigenvalue weighted by molar-refractivity contribution is 0.261. The van der Waals surface area contributed by atoms with E-state index < -0.39 is 0 Å². The molecule has 0 saturated heterocycles. The Morgan fingerprint density at radius 1 is 1.19 bits per heavy atom. The van der Waals surface area contributed by atoms with E-state index in [-0.39, 0.29) is 0 Å². The molecule has 4 nitrogen and oxygen atoms in total. The molecule has 0 aliphatic rings. The van der Waals surface area contributed by atoms with E-state index in [0.29, 0.717) is 0 Å². The highest BCUT2D eigenvalue weighted by Crippen LogP contribution is 2.20. The van der Waals surface area contributed by atoms with Crippen molar-refractivity contribution >= 4 is 11.8 Å². The predicted molar refractivity (Wildman–Crippen MR) is 88.8 cm³/mol. The Hall–Kier alpha value is -1.46. The average molecular weight is 305 g/mol. The molecule has 1 aromatic heterocycles. The number of hydrogen-bond donors (Lipinski definition) is 1. The van der Waals surface area contributed by atoms with Gasteiger partial charge in [0.25, 0.3) is 0 Å².